The molecule has 45 heavy (non-hydrogen) atoms. The lowest BCUT2D eigenvalue weighted by Crippen LogP contribution is -2.53. The molecule has 6 N–H and O–H groups in total. The van der Waals surface area contributed by atoms with Gasteiger partial charge in [0.2, 0.25) is 11.8 Å². The van der Waals surface area contributed by atoms with E-state index in [1.54, 1.807) is 20.8 Å². The molecule has 5 unspecified atom stereocenters. The first-order valence-electron chi connectivity index (χ1n) is 14.1. The van der Waals surface area contributed by atoms with E-state index in [1.807, 2.05) is 30.3 Å². The van der Waals surface area contributed by atoms with Crippen molar-refractivity contribution < 1.29 is 43.2 Å². The highest BCUT2D eigenvalue weighted by Crippen LogP contribution is 2.45. The molecule has 0 amide bonds. The number of aromatic nitrogens is 4. The number of benzene rings is 1. The maximum atomic E-state index is 13.8. The number of rotatable bonds is 18. The van der Waals surface area contributed by atoms with E-state index in [2.05, 4.69) is 20.0 Å². The number of nitrogen functional groups attached to an aromatic ring is 1. The van der Waals surface area contributed by atoms with Crippen molar-refractivity contribution in [2.75, 3.05) is 45.5 Å². The number of thioether (sulfide) groups is 1. The average molecular weight is 671 g/mol. The quantitative estimate of drug-likeness (QED) is 0.0970. The van der Waals surface area contributed by atoms with E-state index in [-0.39, 0.29) is 48.1 Å². The highest BCUT2D eigenvalue weighted by atomic mass is 32.2. The SMILES string of the molecule is COc1nc(N)nc2c1ncn2C(C)C(C)(O)C(O)C(COP(=O)(NCc1ccccc1)OCCSC(=O)C(C)(C)CO)OC. The zero-order valence-electron chi connectivity index (χ0n) is 26.2. The number of carbonyl (C=O) groups excluding carboxylic acids is 1. The Labute approximate surface area is 266 Å². The van der Waals surface area contributed by atoms with Crippen LogP contribution in [0.15, 0.2) is 36.7 Å². The number of ether oxygens (including phenoxy) is 2. The first kappa shape index (κ1) is 36.8. The van der Waals surface area contributed by atoms with Crippen LogP contribution in [0.1, 0.15) is 39.3 Å². The average Bonchev–Trinajstić information content (AvgIpc) is 3.45. The van der Waals surface area contributed by atoms with E-state index in [1.165, 1.54) is 32.0 Å². The maximum Gasteiger partial charge on any atom is 0.405 e. The van der Waals surface area contributed by atoms with Gasteiger partial charge >= 0.3 is 7.75 Å². The fourth-order valence-corrected chi connectivity index (χ4v) is 6.40. The van der Waals surface area contributed by atoms with E-state index < -0.39 is 43.6 Å². The fourth-order valence-electron chi connectivity index (χ4n) is 4.16. The van der Waals surface area contributed by atoms with E-state index in [0.717, 1.165) is 17.3 Å². The summed E-state index contributed by atoms with van der Waals surface area (Å²) in [5.74, 6) is 0.254. The molecule has 1 aromatic carbocycles. The van der Waals surface area contributed by atoms with Crippen molar-refractivity contribution >= 4 is 41.7 Å². The lowest BCUT2D eigenvalue weighted by atomic mass is 9.88. The zero-order valence-corrected chi connectivity index (χ0v) is 28.0. The van der Waals surface area contributed by atoms with Gasteiger partial charge < -0.3 is 35.1 Å². The summed E-state index contributed by atoms with van der Waals surface area (Å²) in [5, 5.41) is 34.9. The third-order valence-electron chi connectivity index (χ3n) is 7.37. The number of hydrogen-bond acceptors (Lipinski definition) is 14. The van der Waals surface area contributed by atoms with Gasteiger partial charge in [-0.15, -0.1) is 0 Å². The predicted octanol–water partition coefficient (Wildman–Crippen LogP) is 2.31. The standard InChI is InChI=1S/C28H43N6O9PS/c1-18(34-17-30-21-23(34)32-26(29)33-24(21)41-6)28(4,38)22(36)20(40-5)15-43-44(39,31-14-19-10-8-7-9-11-19)42-12-13-45-25(37)27(2,3)16-35/h7-11,17-18,20,22,35-36,38H,12-16H2,1-6H3,(H,31,39)(H2,29,32,33). The van der Waals surface area contributed by atoms with Gasteiger partial charge in [0.1, 0.15) is 17.8 Å². The van der Waals surface area contributed by atoms with Gasteiger partial charge in [-0.3, -0.25) is 13.8 Å². The molecule has 3 aromatic rings. The Kier molecular flexibility index (Phi) is 12.9. The van der Waals surface area contributed by atoms with Gasteiger partial charge in [0, 0.05) is 19.4 Å². The van der Waals surface area contributed by atoms with Crippen molar-refractivity contribution in [3.8, 4) is 5.88 Å². The normalized spacial score (nSPS) is 16.9. The van der Waals surface area contributed by atoms with Gasteiger partial charge in [-0.25, -0.2) is 14.6 Å². The van der Waals surface area contributed by atoms with E-state index in [9.17, 15) is 24.7 Å². The molecule has 2 heterocycles. The van der Waals surface area contributed by atoms with Gasteiger partial charge in [-0.1, -0.05) is 42.1 Å². The van der Waals surface area contributed by atoms with Crippen molar-refractivity contribution in [1.29, 1.82) is 0 Å². The number of fused-ring (bicyclic) bond motifs is 1. The molecule has 2 aromatic heterocycles. The van der Waals surface area contributed by atoms with Crippen molar-refractivity contribution in [3.05, 3.63) is 42.2 Å². The molecule has 0 saturated heterocycles. The van der Waals surface area contributed by atoms with Crippen LogP contribution in [0, 0.1) is 5.41 Å². The molecule has 0 saturated carbocycles. The third kappa shape index (κ3) is 9.21. The molecule has 0 fully saturated rings. The Hall–Kier alpha value is -2.66. The predicted molar refractivity (Wildman–Crippen MR) is 170 cm³/mol. The van der Waals surface area contributed by atoms with Crippen molar-refractivity contribution in [2.24, 2.45) is 5.41 Å². The number of nitrogens with zero attached hydrogens (tertiary/aromatic N) is 4. The highest BCUT2D eigenvalue weighted by molar-refractivity contribution is 8.13. The van der Waals surface area contributed by atoms with Crippen molar-refractivity contribution in [2.45, 2.75) is 58.1 Å². The number of aliphatic hydroxyl groups is 3. The Morgan fingerprint density at radius 1 is 1.18 bits per heavy atom. The Morgan fingerprint density at radius 3 is 2.49 bits per heavy atom. The van der Waals surface area contributed by atoms with Crippen LogP contribution in [0.2, 0.25) is 0 Å². The molecule has 5 atom stereocenters. The largest absolute Gasteiger partial charge is 0.479 e. The Bertz CT molecular complexity index is 1460. The van der Waals surface area contributed by atoms with Crippen LogP contribution in [-0.2, 0) is 29.7 Å². The molecule has 3 rings (SSSR count). The summed E-state index contributed by atoms with van der Waals surface area (Å²) < 4.78 is 37.4. The third-order valence-corrected chi connectivity index (χ3v) is 10.1. The number of anilines is 1. The molecule has 0 aliphatic rings. The number of carbonyl (C=O) groups is 1. The summed E-state index contributed by atoms with van der Waals surface area (Å²) in [6.45, 7) is 5.59. The monoisotopic (exact) mass is 670 g/mol. The molecule has 0 aliphatic heterocycles. The molecular formula is C28H43N6O9PS. The van der Waals surface area contributed by atoms with Gasteiger partial charge in [0.15, 0.2) is 16.3 Å². The number of imidazole rings is 1. The molecule has 17 heteroatoms. The van der Waals surface area contributed by atoms with Crippen LogP contribution in [0.3, 0.4) is 0 Å². The van der Waals surface area contributed by atoms with Gasteiger partial charge in [-0.2, -0.15) is 9.97 Å². The maximum absolute atomic E-state index is 13.8. The lowest BCUT2D eigenvalue weighted by Gasteiger charge is -2.38. The van der Waals surface area contributed by atoms with Crippen molar-refractivity contribution in [1.82, 2.24) is 24.6 Å². The minimum atomic E-state index is -4.03. The highest BCUT2D eigenvalue weighted by Gasteiger charge is 2.44. The van der Waals surface area contributed by atoms with Crippen LogP contribution < -0.4 is 15.6 Å². The number of hydrogen-bond donors (Lipinski definition) is 5. The number of nitrogens with one attached hydrogen (secondary N) is 1. The first-order valence-corrected chi connectivity index (χ1v) is 16.7. The second kappa shape index (κ2) is 15.8. The Balaban J connectivity index is 1.74. The number of aliphatic hydroxyl groups excluding tert-OH is 2. The molecule has 0 aliphatic carbocycles. The van der Waals surface area contributed by atoms with Crippen LogP contribution >= 0.6 is 19.5 Å². The lowest BCUT2D eigenvalue weighted by molar-refractivity contribution is -0.152. The van der Waals surface area contributed by atoms with Crippen LogP contribution in [0.4, 0.5) is 5.95 Å². The molecule has 0 bridgehead atoms. The molecule has 15 nitrogen and oxygen atoms in total. The number of nitrogens with two attached hydrogens (primary N) is 1. The summed E-state index contributed by atoms with van der Waals surface area (Å²) in [6.07, 6.45) is -1.30. The van der Waals surface area contributed by atoms with Gasteiger partial charge in [0.05, 0.1) is 44.7 Å². The van der Waals surface area contributed by atoms with E-state index >= 15 is 0 Å². The molecular weight excluding hydrogens is 627 g/mol. The minimum Gasteiger partial charge on any atom is -0.479 e. The summed E-state index contributed by atoms with van der Waals surface area (Å²) in [6, 6.07) is 8.34. The summed E-state index contributed by atoms with van der Waals surface area (Å²) in [7, 11) is -1.29. The summed E-state index contributed by atoms with van der Waals surface area (Å²) in [4.78, 5) is 24.9. The summed E-state index contributed by atoms with van der Waals surface area (Å²) in [5.41, 5.74) is 4.46. The van der Waals surface area contributed by atoms with Crippen LogP contribution in [0.25, 0.3) is 11.2 Å². The second-order valence-electron chi connectivity index (χ2n) is 11.2. The van der Waals surface area contributed by atoms with Crippen molar-refractivity contribution in [3.63, 3.8) is 0 Å². The molecule has 250 valence electrons. The van der Waals surface area contributed by atoms with Crippen LogP contribution in [0.5, 0.6) is 5.88 Å². The van der Waals surface area contributed by atoms with Gasteiger partial charge in [0.25, 0.3) is 0 Å². The zero-order chi connectivity index (χ0) is 33.4. The van der Waals surface area contributed by atoms with Gasteiger partial charge in [-0.05, 0) is 33.3 Å². The first-order chi connectivity index (χ1) is 21.2. The molecule has 0 spiro atoms. The smallest absolute Gasteiger partial charge is 0.405 e. The van der Waals surface area contributed by atoms with E-state index in [4.69, 9.17) is 24.3 Å². The van der Waals surface area contributed by atoms with E-state index in [0.29, 0.717) is 5.52 Å². The summed E-state index contributed by atoms with van der Waals surface area (Å²) >= 11 is 0.948. The topological polar surface area (TPSA) is 213 Å². The second-order valence-corrected chi connectivity index (χ2v) is 14.1. The van der Waals surface area contributed by atoms with Crippen LogP contribution in [-0.4, -0.2) is 97.6 Å². The minimum absolute atomic E-state index is 0.0599. The fraction of sp³-hybridized carbons (Fsp3) is 0.571. The molecule has 0 radical (unpaired) electrons. The number of methoxy groups -OCH3 is 2. The Morgan fingerprint density at radius 2 is 1.87 bits per heavy atom.